The standard InChI is InChI=1S/C19H20ClNO4S/c1-11(22)21-18-17(14-5-3-4-6-16(14)26-18)19(23)25-10-12-9-13(20)7-8-15(12)24-2/h7-9H,3-6,10H2,1-2H3,(H,21,22). The molecule has 5 nitrogen and oxygen atoms in total. The fourth-order valence-corrected chi connectivity index (χ4v) is 4.62. The van der Waals surface area contributed by atoms with E-state index in [2.05, 4.69) is 5.32 Å². The van der Waals surface area contributed by atoms with Crippen molar-refractivity contribution in [1.29, 1.82) is 0 Å². The minimum absolute atomic E-state index is 0.0483. The smallest absolute Gasteiger partial charge is 0.341 e. The quantitative estimate of drug-likeness (QED) is 0.753. The van der Waals surface area contributed by atoms with Gasteiger partial charge in [-0.1, -0.05) is 11.6 Å². The van der Waals surface area contributed by atoms with Crippen molar-refractivity contribution >= 4 is 39.8 Å². The Morgan fingerprint density at radius 3 is 2.77 bits per heavy atom. The Hall–Kier alpha value is -2.05. The van der Waals surface area contributed by atoms with Crippen LogP contribution in [-0.4, -0.2) is 19.0 Å². The Labute approximate surface area is 161 Å². The number of fused-ring (bicyclic) bond motifs is 1. The second-order valence-electron chi connectivity index (χ2n) is 6.13. The first kappa shape index (κ1) is 18.7. The zero-order chi connectivity index (χ0) is 18.7. The van der Waals surface area contributed by atoms with E-state index < -0.39 is 5.97 Å². The number of aryl methyl sites for hydroxylation is 1. The highest BCUT2D eigenvalue weighted by molar-refractivity contribution is 7.17. The van der Waals surface area contributed by atoms with Gasteiger partial charge in [0.05, 0.1) is 12.7 Å². The van der Waals surface area contributed by atoms with E-state index in [0.717, 1.165) is 36.1 Å². The molecule has 1 amide bonds. The molecular weight excluding hydrogens is 374 g/mol. The van der Waals surface area contributed by atoms with Gasteiger partial charge in [0.1, 0.15) is 17.4 Å². The summed E-state index contributed by atoms with van der Waals surface area (Å²) in [4.78, 5) is 25.5. The first-order valence-corrected chi connectivity index (χ1v) is 9.60. The lowest BCUT2D eigenvalue weighted by Crippen LogP contribution is -2.13. The molecule has 0 saturated carbocycles. The topological polar surface area (TPSA) is 64.6 Å². The van der Waals surface area contributed by atoms with Crippen LogP contribution < -0.4 is 10.1 Å². The van der Waals surface area contributed by atoms with Crippen molar-refractivity contribution in [2.75, 3.05) is 12.4 Å². The zero-order valence-electron chi connectivity index (χ0n) is 14.7. The second-order valence-corrected chi connectivity index (χ2v) is 7.67. The minimum Gasteiger partial charge on any atom is -0.496 e. The number of rotatable bonds is 5. The van der Waals surface area contributed by atoms with E-state index in [0.29, 0.717) is 26.9 Å². The number of hydrogen-bond donors (Lipinski definition) is 1. The van der Waals surface area contributed by atoms with Gasteiger partial charge in [-0.3, -0.25) is 4.79 Å². The Morgan fingerprint density at radius 1 is 1.27 bits per heavy atom. The van der Waals surface area contributed by atoms with Gasteiger partial charge in [0.25, 0.3) is 0 Å². The van der Waals surface area contributed by atoms with Crippen LogP contribution in [-0.2, 0) is 29.0 Å². The highest BCUT2D eigenvalue weighted by Gasteiger charge is 2.27. The molecule has 0 radical (unpaired) electrons. The van der Waals surface area contributed by atoms with Gasteiger partial charge in [-0.2, -0.15) is 0 Å². The fourth-order valence-electron chi connectivity index (χ4n) is 3.11. The monoisotopic (exact) mass is 393 g/mol. The molecule has 0 saturated heterocycles. The predicted octanol–water partition coefficient (Wildman–Crippen LogP) is 4.60. The van der Waals surface area contributed by atoms with E-state index in [1.807, 2.05) is 0 Å². The van der Waals surface area contributed by atoms with Gasteiger partial charge in [-0.25, -0.2) is 4.79 Å². The fraction of sp³-hybridized carbons (Fsp3) is 0.368. The maximum absolute atomic E-state index is 12.8. The molecule has 1 heterocycles. The Bertz CT molecular complexity index is 846. The van der Waals surface area contributed by atoms with Crippen LogP contribution in [0.25, 0.3) is 0 Å². The first-order chi connectivity index (χ1) is 12.5. The normalized spacial score (nSPS) is 13.0. The molecule has 1 aromatic heterocycles. The number of ether oxygens (including phenoxy) is 2. The molecule has 3 rings (SSSR count). The van der Waals surface area contributed by atoms with Crippen LogP contribution in [0, 0.1) is 0 Å². The summed E-state index contributed by atoms with van der Waals surface area (Å²) in [6, 6.07) is 5.17. The molecule has 0 spiro atoms. The number of hydrogen-bond acceptors (Lipinski definition) is 5. The van der Waals surface area contributed by atoms with Gasteiger partial charge >= 0.3 is 5.97 Å². The van der Waals surface area contributed by atoms with Gasteiger partial charge in [0.15, 0.2) is 0 Å². The van der Waals surface area contributed by atoms with Gasteiger partial charge in [-0.05, 0) is 49.4 Å². The van der Waals surface area contributed by atoms with Crippen molar-refractivity contribution in [3.8, 4) is 5.75 Å². The van der Waals surface area contributed by atoms with E-state index in [1.165, 1.54) is 18.3 Å². The summed E-state index contributed by atoms with van der Waals surface area (Å²) < 4.78 is 10.8. The molecule has 1 aromatic carbocycles. The van der Waals surface area contributed by atoms with Crippen molar-refractivity contribution in [3.63, 3.8) is 0 Å². The van der Waals surface area contributed by atoms with Crippen LogP contribution in [0.3, 0.4) is 0 Å². The second kappa shape index (κ2) is 8.10. The average molecular weight is 394 g/mol. The number of carbonyl (C=O) groups is 2. The lowest BCUT2D eigenvalue weighted by molar-refractivity contribution is -0.114. The van der Waals surface area contributed by atoms with E-state index in [-0.39, 0.29) is 12.5 Å². The third-order valence-electron chi connectivity index (χ3n) is 4.27. The largest absolute Gasteiger partial charge is 0.496 e. The summed E-state index contributed by atoms with van der Waals surface area (Å²) in [5.74, 6) is -0.0269. The number of halogens is 1. The molecule has 2 aromatic rings. The number of esters is 1. The van der Waals surface area contributed by atoms with E-state index in [1.54, 1.807) is 25.3 Å². The summed E-state index contributed by atoms with van der Waals surface area (Å²) in [5, 5.41) is 3.90. The highest BCUT2D eigenvalue weighted by Crippen LogP contribution is 2.38. The Morgan fingerprint density at radius 2 is 2.04 bits per heavy atom. The third kappa shape index (κ3) is 4.02. The Kier molecular flexibility index (Phi) is 5.84. The maximum atomic E-state index is 12.8. The summed E-state index contributed by atoms with van der Waals surface area (Å²) in [6.45, 7) is 1.48. The molecule has 0 atom stereocenters. The number of amides is 1. The number of methoxy groups -OCH3 is 1. The molecule has 1 aliphatic rings. The highest BCUT2D eigenvalue weighted by atomic mass is 35.5. The third-order valence-corrected chi connectivity index (χ3v) is 5.71. The SMILES string of the molecule is COc1ccc(Cl)cc1COC(=O)c1c(NC(C)=O)sc2c1CCCC2. The van der Waals surface area contributed by atoms with Gasteiger partial charge in [0, 0.05) is 22.4 Å². The molecule has 7 heteroatoms. The van der Waals surface area contributed by atoms with Crippen molar-refractivity contribution < 1.29 is 19.1 Å². The summed E-state index contributed by atoms with van der Waals surface area (Å²) >= 11 is 7.50. The lowest BCUT2D eigenvalue weighted by Gasteiger charge is -2.13. The summed E-state index contributed by atoms with van der Waals surface area (Å²) in [6.07, 6.45) is 3.89. The van der Waals surface area contributed by atoms with Gasteiger partial charge < -0.3 is 14.8 Å². The van der Waals surface area contributed by atoms with Crippen LogP contribution in [0.15, 0.2) is 18.2 Å². The predicted molar refractivity (Wildman–Crippen MR) is 102 cm³/mol. The molecule has 26 heavy (non-hydrogen) atoms. The molecule has 138 valence electrons. The van der Waals surface area contributed by atoms with Crippen molar-refractivity contribution in [3.05, 3.63) is 44.8 Å². The number of benzene rings is 1. The number of anilines is 1. The zero-order valence-corrected chi connectivity index (χ0v) is 16.3. The van der Waals surface area contributed by atoms with Crippen molar-refractivity contribution in [1.82, 2.24) is 0 Å². The van der Waals surface area contributed by atoms with E-state index >= 15 is 0 Å². The van der Waals surface area contributed by atoms with Crippen molar-refractivity contribution in [2.24, 2.45) is 0 Å². The number of nitrogens with one attached hydrogen (secondary N) is 1. The Balaban J connectivity index is 1.84. The van der Waals surface area contributed by atoms with Crippen LogP contribution in [0.5, 0.6) is 5.75 Å². The number of carbonyl (C=O) groups excluding carboxylic acids is 2. The molecule has 0 fully saturated rings. The minimum atomic E-state index is -0.435. The molecule has 1 N–H and O–H groups in total. The van der Waals surface area contributed by atoms with Gasteiger partial charge in [-0.15, -0.1) is 11.3 Å². The number of thiophene rings is 1. The molecule has 1 aliphatic carbocycles. The average Bonchev–Trinajstić information content (AvgIpc) is 2.96. The van der Waals surface area contributed by atoms with Crippen molar-refractivity contribution in [2.45, 2.75) is 39.2 Å². The van der Waals surface area contributed by atoms with Crippen LogP contribution in [0.4, 0.5) is 5.00 Å². The van der Waals surface area contributed by atoms with E-state index in [9.17, 15) is 9.59 Å². The summed E-state index contributed by atoms with van der Waals surface area (Å²) in [7, 11) is 1.55. The first-order valence-electron chi connectivity index (χ1n) is 8.41. The lowest BCUT2D eigenvalue weighted by atomic mass is 9.95. The van der Waals surface area contributed by atoms with Crippen LogP contribution in [0.2, 0.25) is 5.02 Å². The van der Waals surface area contributed by atoms with Crippen LogP contribution in [0.1, 0.15) is 46.1 Å². The van der Waals surface area contributed by atoms with Crippen LogP contribution >= 0.6 is 22.9 Å². The van der Waals surface area contributed by atoms with E-state index in [4.69, 9.17) is 21.1 Å². The summed E-state index contributed by atoms with van der Waals surface area (Å²) in [5.41, 5.74) is 2.19. The maximum Gasteiger partial charge on any atom is 0.341 e. The van der Waals surface area contributed by atoms with Gasteiger partial charge in [0.2, 0.25) is 5.91 Å². The molecule has 0 bridgehead atoms. The molecular formula is C19H20ClNO4S. The molecule has 0 unspecified atom stereocenters. The molecule has 0 aliphatic heterocycles.